The monoisotopic (exact) mass is 363 g/mol. The summed E-state index contributed by atoms with van der Waals surface area (Å²) in [6, 6.07) is 9.59. The molecular formula is C21H25N5O. The van der Waals surface area contributed by atoms with Crippen LogP contribution in [0, 0.1) is 11.3 Å². The minimum atomic E-state index is 0.434. The number of benzene rings is 1. The van der Waals surface area contributed by atoms with Gasteiger partial charge >= 0.3 is 0 Å². The molecule has 0 radical (unpaired) electrons. The molecule has 3 aliphatic rings. The van der Waals surface area contributed by atoms with Crippen LogP contribution in [-0.4, -0.2) is 52.2 Å². The Morgan fingerprint density at radius 3 is 2.85 bits per heavy atom. The summed E-state index contributed by atoms with van der Waals surface area (Å²) < 4.78 is 5.87. The number of likely N-dealkylation sites (tertiary alicyclic amines) is 1. The summed E-state index contributed by atoms with van der Waals surface area (Å²) in [4.78, 5) is 11.5. The Hall–Kier alpha value is -2.23. The number of hydrogen-bond acceptors (Lipinski definition) is 6. The van der Waals surface area contributed by atoms with E-state index in [-0.39, 0.29) is 0 Å². The molecule has 1 aromatic heterocycles. The molecular weight excluding hydrogens is 338 g/mol. The molecule has 2 atom stereocenters. The normalized spacial score (nSPS) is 30.9. The van der Waals surface area contributed by atoms with Crippen LogP contribution in [0.15, 0.2) is 24.5 Å². The Balaban J connectivity index is 1.26. The lowest BCUT2D eigenvalue weighted by Gasteiger charge is -2.37. The third kappa shape index (κ3) is 3.15. The molecule has 0 spiro atoms. The fourth-order valence-corrected chi connectivity index (χ4v) is 5.17. The van der Waals surface area contributed by atoms with E-state index in [2.05, 4.69) is 26.3 Å². The Morgan fingerprint density at radius 2 is 2.00 bits per heavy atom. The topological polar surface area (TPSA) is 74.1 Å². The van der Waals surface area contributed by atoms with E-state index in [0.717, 1.165) is 36.2 Å². The standard InChI is InChI=1S/C21H25N5O/c22-12-14-1-6-18-17(11-14)21(24-13-23-18)25-15-2-4-16(5-3-15)26-9-7-20-19(26)8-10-27-20/h1,6,11,13,15-16,19-20H,2-5,7-10H2,(H,23,24,25)/t15?,16?,19-,20+/m1/s1. The van der Waals surface area contributed by atoms with Crippen LogP contribution in [0.1, 0.15) is 44.1 Å². The SMILES string of the molecule is N#Cc1ccc2ncnc(NC3CCC(N4CC[C@@H]5OCC[C@H]54)CC3)c2c1. The fraction of sp³-hybridized carbons (Fsp3) is 0.571. The highest BCUT2D eigenvalue weighted by Crippen LogP contribution is 2.35. The second-order valence-electron chi connectivity index (χ2n) is 8.01. The number of aromatic nitrogens is 2. The average Bonchev–Trinajstić information content (AvgIpc) is 3.32. The maximum absolute atomic E-state index is 9.18. The molecule has 6 nitrogen and oxygen atoms in total. The number of nitriles is 1. The van der Waals surface area contributed by atoms with Crippen molar-refractivity contribution in [2.24, 2.45) is 0 Å². The van der Waals surface area contributed by atoms with Crippen molar-refractivity contribution in [3.8, 4) is 6.07 Å². The van der Waals surface area contributed by atoms with Crippen molar-refractivity contribution >= 4 is 16.7 Å². The smallest absolute Gasteiger partial charge is 0.137 e. The highest BCUT2D eigenvalue weighted by Gasteiger charge is 2.42. The molecule has 2 saturated heterocycles. The predicted octanol–water partition coefficient (Wildman–Crippen LogP) is 3.09. The van der Waals surface area contributed by atoms with Gasteiger partial charge in [-0.3, -0.25) is 4.90 Å². The molecule has 1 N–H and O–H groups in total. The zero-order chi connectivity index (χ0) is 18.2. The lowest BCUT2D eigenvalue weighted by atomic mass is 9.89. The maximum Gasteiger partial charge on any atom is 0.137 e. The van der Waals surface area contributed by atoms with Crippen LogP contribution < -0.4 is 5.32 Å². The summed E-state index contributed by atoms with van der Waals surface area (Å²) in [5.41, 5.74) is 1.52. The van der Waals surface area contributed by atoms with Gasteiger partial charge in [-0.05, 0) is 56.7 Å². The van der Waals surface area contributed by atoms with Gasteiger partial charge in [-0.2, -0.15) is 5.26 Å². The number of nitrogens with zero attached hydrogens (tertiary/aromatic N) is 4. The van der Waals surface area contributed by atoms with E-state index in [4.69, 9.17) is 4.74 Å². The highest BCUT2D eigenvalue weighted by molar-refractivity contribution is 5.89. The lowest BCUT2D eigenvalue weighted by Crippen LogP contribution is -2.44. The van der Waals surface area contributed by atoms with Crippen LogP contribution >= 0.6 is 0 Å². The first-order valence-corrected chi connectivity index (χ1v) is 10.1. The molecule has 27 heavy (non-hydrogen) atoms. The minimum Gasteiger partial charge on any atom is -0.376 e. The second kappa shape index (κ2) is 7.06. The molecule has 1 aromatic carbocycles. The zero-order valence-electron chi connectivity index (χ0n) is 15.5. The number of ether oxygens (including phenoxy) is 1. The quantitative estimate of drug-likeness (QED) is 0.903. The van der Waals surface area contributed by atoms with E-state index in [1.807, 2.05) is 12.1 Å². The van der Waals surface area contributed by atoms with Crippen molar-refractivity contribution in [2.75, 3.05) is 18.5 Å². The van der Waals surface area contributed by atoms with Gasteiger partial charge in [0.1, 0.15) is 12.1 Å². The van der Waals surface area contributed by atoms with Gasteiger partial charge < -0.3 is 10.1 Å². The van der Waals surface area contributed by atoms with Crippen molar-refractivity contribution in [2.45, 2.75) is 62.8 Å². The van der Waals surface area contributed by atoms with Crippen LogP contribution in [0.25, 0.3) is 10.9 Å². The molecule has 6 heteroatoms. The van der Waals surface area contributed by atoms with Gasteiger partial charge in [-0.1, -0.05) is 0 Å². The van der Waals surface area contributed by atoms with Gasteiger partial charge in [-0.25, -0.2) is 9.97 Å². The molecule has 0 amide bonds. The van der Waals surface area contributed by atoms with Crippen molar-refractivity contribution in [3.05, 3.63) is 30.1 Å². The second-order valence-corrected chi connectivity index (χ2v) is 8.01. The van der Waals surface area contributed by atoms with Crippen LogP contribution in [0.4, 0.5) is 5.82 Å². The third-order valence-corrected chi connectivity index (χ3v) is 6.54. The summed E-state index contributed by atoms with van der Waals surface area (Å²) in [5, 5.41) is 13.7. The number of fused-ring (bicyclic) bond motifs is 2. The van der Waals surface area contributed by atoms with Crippen LogP contribution in [0.2, 0.25) is 0 Å². The van der Waals surface area contributed by atoms with Crippen LogP contribution in [0.3, 0.4) is 0 Å². The van der Waals surface area contributed by atoms with Crippen molar-refractivity contribution in [1.29, 1.82) is 5.26 Å². The summed E-state index contributed by atoms with van der Waals surface area (Å²) in [5.74, 6) is 0.853. The summed E-state index contributed by atoms with van der Waals surface area (Å²) >= 11 is 0. The van der Waals surface area contributed by atoms with E-state index < -0.39 is 0 Å². The predicted molar refractivity (Wildman–Crippen MR) is 103 cm³/mol. The van der Waals surface area contributed by atoms with Crippen LogP contribution in [0.5, 0.6) is 0 Å². The summed E-state index contributed by atoms with van der Waals surface area (Å²) in [6.45, 7) is 2.14. The molecule has 2 aromatic rings. The summed E-state index contributed by atoms with van der Waals surface area (Å²) in [7, 11) is 0. The Morgan fingerprint density at radius 1 is 1.11 bits per heavy atom. The number of rotatable bonds is 3. The Labute approximate surface area is 159 Å². The zero-order valence-corrected chi connectivity index (χ0v) is 15.5. The molecule has 1 aliphatic carbocycles. The van der Waals surface area contributed by atoms with Crippen LogP contribution in [-0.2, 0) is 4.74 Å². The van der Waals surface area contributed by atoms with E-state index in [1.165, 1.54) is 32.2 Å². The molecule has 0 unspecified atom stereocenters. The van der Waals surface area contributed by atoms with Crippen molar-refractivity contribution in [1.82, 2.24) is 14.9 Å². The fourth-order valence-electron chi connectivity index (χ4n) is 5.17. The first kappa shape index (κ1) is 16.9. The van der Waals surface area contributed by atoms with Gasteiger partial charge in [0.2, 0.25) is 0 Å². The van der Waals surface area contributed by atoms with Crippen molar-refractivity contribution < 1.29 is 4.74 Å². The maximum atomic E-state index is 9.18. The van der Waals surface area contributed by atoms with Gasteiger partial charge in [0.25, 0.3) is 0 Å². The first-order chi connectivity index (χ1) is 13.3. The first-order valence-electron chi connectivity index (χ1n) is 10.1. The van der Waals surface area contributed by atoms with Gasteiger partial charge in [0.05, 0.1) is 23.3 Å². The molecule has 3 fully saturated rings. The molecule has 3 heterocycles. The molecule has 140 valence electrons. The molecule has 2 aliphatic heterocycles. The highest BCUT2D eigenvalue weighted by atomic mass is 16.5. The lowest BCUT2D eigenvalue weighted by molar-refractivity contribution is 0.0924. The number of hydrogen-bond donors (Lipinski definition) is 1. The molecule has 5 rings (SSSR count). The Bertz CT molecular complexity index is 870. The van der Waals surface area contributed by atoms with E-state index in [9.17, 15) is 5.26 Å². The molecule has 1 saturated carbocycles. The van der Waals surface area contributed by atoms with E-state index in [0.29, 0.717) is 29.8 Å². The molecule has 0 bridgehead atoms. The number of anilines is 1. The van der Waals surface area contributed by atoms with Crippen molar-refractivity contribution in [3.63, 3.8) is 0 Å². The van der Waals surface area contributed by atoms with E-state index >= 15 is 0 Å². The average molecular weight is 363 g/mol. The minimum absolute atomic E-state index is 0.434. The Kier molecular flexibility index (Phi) is 4.42. The van der Waals surface area contributed by atoms with E-state index in [1.54, 1.807) is 12.4 Å². The third-order valence-electron chi connectivity index (χ3n) is 6.54. The van der Waals surface area contributed by atoms with Gasteiger partial charge in [-0.15, -0.1) is 0 Å². The number of nitrogens with one attached hydrogen (secondary N) is 1. The van der Waals surface area contributed by atoms with Gasteiger partial charge in [0, 0.05) is 36.7 Å². The van der Waals surface area contributed by atoms with Gasteiger partial charge in [0.15, 0.2) is 0 Å². The largest absolute Gasteiger partial charge is 0.376 e. The summed E-state index contributed by atoms with van der Waals surface area (Å²) in [6.07, 6.45) is 9.27.